The molecule has 0 aliphatic heterocycles. The van der Waals surface area contributed by atoms with Crippen LogP contribution in [-0.4, -0.2) is 0 Å². The molecule has 0 bridgehead atoms. The van der Waals surface area contributed by atoms with Crippen molar-refractivity contribution in [2.45, 2.75) is 65.2 Å². The minimum absolute atomic E-state index is 0.880. The molecule has 0 saturated heterocycles. The van der Waals surface area contributed by atoms with Crippen LogP contribution in [0.2, 0.25) is 0 Å². The summed E-state index contributed by atoms with van der Waals surface area (Å²) in [6.45, 7) is 4.61. The molecule has 0 N–H and O–H groups in total. The van der Waals surface area contributed by atoms with Crippen LogP contribution in [0, 0.1) is 18.3 Å². The molecule has 0 aliphatic rings. The van der Waals surface area contributed by atoms with Gasteiger partial charge in [0.25, 0.3) is 0 Å². The van der Waals surface area contributed by atoms with Crippen LogP contribution >= 0.6 is 0 Å². The van der Waals surface area contributed by atoms with E-state index in [1.165, 1.54) is 44.9 Å². The molecule has 0 nitrogen and oxygen atoms in total. The zero-order valence-electron chi connectivity index (χ0n) is 9.31. The molecule has 0 fully saturated rings. The van der Waals surface area contributed by atoms with E-state index in [2.05, 4.69) is 19.8 Å². The monoisotopic (exact) mass is 180 g/mol. The molecule has 0 amide bonds. The van der Waals surface area contributed by atoms with E-state index in [1.807, 2.05) is 0 Å². The van der Waals surface area contributed by atoms with E-state index >= 15 is 0 Å². The number of unbranched alkanes of at least 4 members (excludes halogenated alkanes) is 4. The Balaban J connectivity index is 3.11. The maximum absolute atomic E-state index is 5.20. The van der Waals surface area contributed by atoms with Gasteiger partial charge in [0, 0.05) is 6.42 Å². The number of rotatable bonds is 8. The highest BCUT2D eigenvalue weighted by molar-refractivity contribution is 4.83. The quantitative estimate of drug-likeness (QED) is 0.384. The number of hydrogen-bond acceptors (Lipinski definition) is 0. The van der Waals surface area contributed by atoms with E-state index in [9.17, 15) is 0 Å². The molecule has 13 heavy (non-hydrogen) atoms. The van der Waals surface area contributed by atoms with Crippen molar-refractivity contribution in [1.82, 2.24) is 0 Å². The summed E-state index contributed by atoms with van der Waals surface area (Å²) in [6, 6.07) is 0. The van der Waals surface area contributed by atoms with Crippen molar-refractivity contribution < 1.29 is 0 Å². The van der Waals surface area contributed by atoms with Crippen LogP contribution in [-0.2, 0) is 0 Å². The van der Waals surface area contributed by atoms with Crippen molar-refractivity contribution in [3.63, 3.8) is 0 Å². The Morgan fingerprint density at radius 3 is 2.38 bits per heavy atom. The van der Waals surface area contributed by atoms with Gasteiger partial charge in [-0.15, -0.1) is 12.3 Å². The molecule has 1 unspecified atom stereocenters. The molecule has 0 heterocycles. The van der Waals surface area contributed by atoms with E-state index in [-0.39, 0.29) is 0 Å². The molecule has 1 atom stereocenters. The maximum Gasteiger partial charge on any atom is 0.00861 e. The van der Waals surface area contributed by atoms with E-state index in [0.29, 0.717) is 0 Å². The van der Waals surface area contributed by atoms with Gasteiger partial charge in [-0.3, -0.25) is 0 Å². The van der Waals surface area contributed by atoms with Crippen molar-refractivity contribution in [2.24, 2.45) is 5.92 Å². The van der Waals surface area contributed by atoms with Crippen molar-refractivity contribution in [1.29, 1.82) is 0 Å². The van der Waals surface area contributed by atoms with Gasteiger partial charge in [0.15, 0.2) is 0 Å². The van der Waals surface area contributed by atoms with Crippen LogP contribution in [0.25, 0.3) is 0 Å². The Morgan fingerprint density at radius 2 is 1.77 bits per heavy atom. The van der Waals surface area contributed by atoms with Gasteiger partial charge in [-0.1, -0.05) is 46.0 Å². The Kier molecular flexibility index (Phi) is 9.32. The third-order valence-electron chi connectivity index (χ3n) is 2.57. The summed E-state index contributed by atoms with van der Waals surface area (Å²) in [5, 5.41) is 0. The van der Waals surface area contributed by atoms with Crippen LogP contribution in [0.5, 0.6) is 0 Å². The summed E-state index contributed by atoms with van der Waals surface area (Å²) >= 11 is 0. The fourth-order valence-corrected chi connectivity index (χ4v) is 1.62. The van der Waals surface area contributed by atoms with Gasteiger partial charge in [-0.25, -0.2) is 0 Å². The van der Waals surface area contributed by atoms with Crippen LogP contribution in [0.1, 0.15) is 65.2 Å². The average Bonchev–Trinajstić information content (AvgIpc) is 2.13. The minimum Gasteiger partial charge on any atom is -0.120 e. The second-order valence-electron chi connectivity index (χ2n) is 4.05. The van der Waals surface area contributed by atoms with Crippen LogP contribution in [0.4, 0.5) is 0 Å². The largest absolute Gasteiger partial charge is 0.120 e. The first kappa shape index (κ1) is 12.6. The SMILES string of the molecule is C#CCCCC(C)CCCCCC. The smallest absolute Gasteiger partial charge is 0.00861 e. The lowest BCUT2D eigenvalue weighted by Crippen LogP contribution is -1.94. The Bertz CT molecular complexity index is 129. The summed E-state index contributed by atoms with van der Waals surface area (Å²) in [4.78, 5) is 0. The molecule has 0 saturated carbocycles. The predicted octanol–water partition coefficient (Wildman–Crippen LogP) is 4.40. The molecular weight excluding hydrogens is 156 g/mol. The predicted molar refractivity (Wildman–Crippen MR) is 60.6 cm³/mol. The molecule has 0 aromatic rings. The highest BCUT2D eigenvalue weighted by atomic mass is 14.1. The summed E-state index contributed by atoms with van der Waals surface area (Å²) in [5.74, 6) is 3.58. The third-order valence-corrected chi connectivity index (χ3v) is 2.57. The van der Waals surface area contributed by atoms with Gasteiger partial charge in [0.05, 0.1) is 0 Å². The van der Waals surface area contributed by atoms with Crippen molar-refractivity contribution in [3.05, 3.63) is 0 Å². The molecule has 0 spiro atoms. The van der Waals surface area contributed by atoms with E-state index in [4.69, 9.17) is 6.42 Å². The lowest BCUT2D eigenvalue weighted by molar-refractivity contribution is 0.450. The lowest BCUT2D eigenvalue weighted by atomic mass is 9.97. The number of hydrogen-bond donors (Lipinski definition) is 0. The normalized spacial score (nSPS) is 12.4. The fourth-order valence-electron chi connectivity index (χ4n) is 1.62. The van der Waals surface area contributed by atoms with Gasteiger partial charge >= 0.3 is 0 Å². The Hall–Kier alpha value is -0.440. The molecule has 0 aliphatic carbocycles. The van der Waals surface area contributed by atoms with E-state index in [0.717, 1.165) is 12.3 Å². The van der Waals surface area contributed by atoms with Crippen LogP contribution < -0.4 is 0 Å². The first-order chi connectivity index (χ1) is 6.31. The first-order valence-electron chi connectivity index (χ1n) is 5.74. The van der Waals surface area contributed by atoms with Gasteiger partial charge < -0.3 is 0 Å². The summed E-state index contributed by atoms with van der Waals surface area (Å²) in [5.41, 5.74) is 0. The Labute approximate surface area is 84.1 Å². The highest BCUT2D eigenvalue weighted by Gasteiger charge is 2.00. The molecule has 0 rings (SSSR count). The number of terminal acetylenes is 1. The molecule has 0 heteroatoms. The van der Waals surface area contributed by atoms with Crippen LogP contribution in [0.3, 0.4) is 0 Å². The third kappa shape index (κ3) is 9.47. The molecule has 0 aromatic heterocycles. The second kappa shape index (κ2) is 9.65. The van der Waals surface area contributed by atoms with Crippen molar-refractivity contribution in [3.8, 4) is 12.3 Å². The maximum atomic E-state index is 5.20. The second-order valence-corrected chi connectivity index (χ2v) is 4.05. The van der Waals surface area contributed by atoms with E-state index < -0.39 is 0 Å². The lowest BCUT2D eigenvalue weighted by Gasteiger charge is -2.09. The van der Waals surface area contributed by atoms with Gasteiger partial charge in [0.1, 0.15) is 0 Å². The topological polar surface area (TPSA) is 0 Å². The van der Waals surface area contributed by atoms with Gasteiger partial charge in [-0.2, -0.15) is 0 Å². The summed E-state index contributed by atoms with van der Waals surface area (Å²) < 4.78 is 0. The molecular formula is C13H24. The molecule has 76 valence electrons. The highest BCUT2D eigenvalue weighted by Crippen LogP contribution is 2.15. The molecule has 0 radical (unpaired) electrons. The fraction of sp³-hybridized carbons (Fsp3) is 0.846. The van der Waals surface area contributed by atoms with Crippen LogP contribution in [0.15, 0.2) is 0 Å². The zero-order chi connectivity index (χ0) is 9.94. The average molecular weight is 180 g/mol. The van der Waals surface area contributed by atoms with E-state index in [1.54, 1.807) is 0 Å². The Morgan fingerprint density at radius 1 is 1.08 bits per heavy atom. The summed E-state index contributed by atoms with van der Waals surface area (Å²) in [6.07, 6.45) is 15.6. The first-order valence-corrected chi connectivity index (χ1v) is 5.74. The minimum atomic E-state index is 0.880. The zero-order valence-corrected chi connectivity index (χ0v) is 9.31. The summed E-state index contributed by atoms with van der Waals surface area (Å²) in [7, 11) is 0. The van der Waals surface area contributed by atoms with Crippen molar-refractivity contribution >= 4 is 0 Å². The standard InChI is InChI=1S/C13H24/c1-4-6-8-10-12-13(3)11-9-7-5-2/h2,13H,4,6-12H2,1,3H3. The van der Waals surface area contributed by atoms with Gasteiger partial charge in [0.2, 0.25) is 0 Å². The van der Waals surface area contributed by atoms with Crippen molar-refractivity contribution in [2.75, 3.05) is 0 Å². The molecule has 0 aromatic carbocycles. The van der Waals surface area contributed by atoms with Gasteiger partial charge in [-0.05, 0) is 18.8 Å².